The van der Waals surface area contributed by atoms with Crippen molar-refractivity contribution in [3.8, 4) is 18.4 Å². The molecule has 1 aromatic carbocycles. The summed E-state index contributed by atoms with van der Waals surface area (Å²) < 4.78 is 6.92. The summed E-state index contributed by atoms with van der Waals surface area (Å²) in [5.74, 6) is 2.45. The zero-order valence-electron chi connectivity index (χ0n) is 18.9. The number of rotatable bonds is 10. The van der Waals surface area contributed by atoms with Gasteiger partial charge in [-0.2, -0.15) is 4.98 Å². The van der Waals surface area contributed by atoms with E-state index in [1.807, 2.05) is 12.1 Å². The molecule has 7 heteroatoms. The van der Waals surface area contributed by atoms with Crippen LogP contribution in [0.4, 0.5) is 0 Å². The van der Waals surface area contributed by atoms with E-state index < -0.39 is 0 Å². The maximum Gasteiger partial charge on any atom is 0.316 e. The number of hydrogen-bond acceptors (Lipinski definition) is 7. The van der Waals surface area contributed by atoms with Gasteiger partial charge < -0.3 is 4.74 Å². The first-order chi connectivity index (χ1) is 16.2. The van der Waals surface area contributed by atoms with Crippen LogP contribution in [0, 0.1) is 12.3 Å². The highest BCUT2D eigenvalue weighted by Gasteiger charge is 2.19. The normalized spacial score (nSPS) is 12.1. The predicted octanol–water partition coefficient (Wildman–Crippen LogP) is 5.06. The molecule has 0 radical (unpaired) electrons. The molecule has 0 amide bonds. The van der Waals surface area contributed by atoms with E-state index in [4.69, 9.17) is 11.2 Å². The van der Waals surface area contributed by atoms with Gasteiger partial charge in [0.15, 0.2) is 0 Å². The number of pyridine rings is 1. The fraction of sp³-hybridized carbons (Fsp3) is 0.308. The van der Waals surface area contributed by atoms with Gasteiger partial charge in [0.25, 0.3) is 0 Å². The summed E-state index contributed by atoms with van der Waals surface area (Å²) >= 11 is 1.55. The molecule has 6 nitrogen and oxygen atoms in total. The van der Waals surface area contributed by atoms with Gasteiger partial charge in [-0.15, -0.1) is 17.8 Å². The van der Waals surface area contributed by atoms with E-state index in [-0.39, 0.29) is 5.92 Å². The summed E-state index contributed by atoms with van der Waals surface area (Å²) in [5.41, 5.74) is 3.90. The van der Waals surface area contributed by atoms with Crippen molar-refractivity contribution in [1.82, 2.24) is 24.8 Å². The molecule has 168 valence electrons. The van der Waals surface area contributed by atoms with Crippen molar-refractivity contribution >= 4 is 21.6 Å². The molecule has 33 heavy (non-hydrogen) atoms. The number of aromatic nitrogens is 4. The minimum Gasteiger partial charge on any atom is -0.459 e. The molecule has 0 saturated heterocycles. The second kappa shape index (κ2) is 11.0. The van der Waals surface area contributed by atoms with Gasteiger partial charge in [0.05, 0.1) is 22.1 Å². The van der Waals surface area contributed by atoms with Crippen molar-refractivity contribution in [2.45, 2.75) is 39.3 Å². The number of benzene rings is 1. The summed E-state index contributed by atoms with van der Waals surface area (Å²) in [4.78, 5) is 20.0. The molecule has 0 saturated carbocycles. The summed E-state index contributed by atoms with van der Waals surface area (Å²) in [6.07, 6.45) is 12.2. The summed E-state index contributed by atoms with van der Waals surface area (Å²) in [7, 11) is 0. The largest absolute Gasteiger partial charge is 0.459 e. The van der Waals surface area contributed by atoms with Crippen LogP contribution >= 0.6 is 11.3 Å². The maximum absolute atomic E-state index is 5.87. The van der Waals surface area contributed by atoms with Crippen molar-refractivity contribution < 1.29 is 4.74 Å². The van der Waals surface area contributed by atoms with E-state index >= 15 is 0 Å². The lowest BCUT2D eigenvalue weighted by molar-refractivity contribution is 0.277. The van der Waals surface area contributed by atoms with Crippen LogP contribution in [-0.2, 0) is 13.2 Å². The molecule has 0 N–H and O–H groups in total. The lowest BCUT2D eigenvalue weighted by Crippen LogP contribution is -2.23. The van der Waals surface area contributed by atoms with E-state index in [1.54, 1.807) is 29.9 Å². The van der Waals surface area contributed by atoms with Crippen LogP contribution in [0.15, 0.2) is 55.0 Å². The fourth-order valence-electron chi connectivity index (χ4n) is 3.60. The molecular formula is C26H27N5OS. The Kier molecular flexibility index (Phi) is 7.61. The third kappa shape index (κ3) is 5.72. The second-order valence-electron chi connectivity index (χ2n) is 7.73. The maximum atomic E-state index is 5.87. The molecular weight excluding hydrogens is 430 g/mol. The average molecular weight is 458 g/mol. The van der Waals surface area contributed by atoms with Gasteiger partial charge in [0.1, 0.15) is 17.5 Å². The number of terminal acetylenes is 1. The van der Waals surface area contributed by atoms with Crippen LogP contribution in [0.1, 0.15) is 48.0 Å². The topological polar surface area (TPSA) is 64.0 Å². The lowest BCUT2D eigenvalue weighted by Gasteiger charge is -2.19. The molecule has 1 unspecified atom stereocenters. The van der Waals surface area contributed by atoms with Crippen molar-refractivity contribution in [2.75, 3.05) is 13.1 Å². The first-order valence-electron chi connectivity index (χ1n) is 11.1. The Morgan fingerprint density at radius 1 is 1.06 bits per heavy atom. The molecule has 4 rings (SSSR count). The zero-order chi connectivity index (χ0) is 23.0. The monoisotopic (exact) mass is 457 g/mol. The van der Waals surface area contributed by atoms with E-state index in [9.17, 15) is 0 Å². The first kappa shape index (κ1) is 22.8. The molecule has 1 atom stereocenters. The van der Waals surface area contributed by atoms with Crippen LogP contribution < -0.4 is 4.74 Å². The van der Waals surface area contributed by atoms with Gasteiger partial charge in [-0.05, 0) is 42.8 Å². The third-order valence-corrected chi connectivity index (χ3v) is 6.46. The van der Waals surface area contributed by atoms with Crippen LogP contribution in [0.2, 0.25) is 0 Å². The van der Waals surface area contributed by atoms with E-state index in [2.05, 4.69) is 68.9 Å². The molecule has 3 heterocycles. The van der Waals surface area contributed by atoms with Crippen molar-refractivity contribution in [2.24, 2.45) is 0 Å². The molecule has 0 aliphatic heterocycles. The smallest absolute Gasteiger partial charge is 0.316 e. The molecule has 0 aliphatic rings. The van der Waals surface area contributed by atoms with E-state index in [1.165, 1.54) is 5.56 Å². The SMILES string of the molecule is C#CC(c1ccnc(OCc2ccc(CN(CC)CCC)cc2)n1)c1nc2cnccc2s1. The zero-order valence-corrected chi connectivity index (χ0v) is 19.8. The minimum absolute atomic E-state index is 0.305. The van der Waals surface area contributed by atoms with Gasteiger partial charge in [-0.25, -0.2) is 9.97 Å². The Hall–Kier alpha value is -3.34. The van der Waals surface area contributed by atoms with Gasteiger partial charge in [0, 0.05) is 18.9 Å². The number of thiazole rings is 1. The van der Waals surface area contributed by atoms with Gasteiger partial charge in [0.2, 0.25) is 0 Å². The average Bonchev–Trinajstić information content (AvgIpc) is 3.28. The van der Waals surface area contributed by atoms with Crippen molar-refractivity contribution in [3.63, 3.8) is 0 Å². The molecule has 0 bridgehead atoms. The highest BCUT2D eigenvalue weighted by Crippen LogP contribution is 2.30. The lowest BCUT2D eigenvalue weighted by atomic mass is 10.1. The Labute approximate surface area is 198 Å². The van der Waals surface area contributed by atoms with Gasteiger partial charge in [-0.1, -0.05) is 44.0 Å². The van der Waals surface area contributed by atoms with Crippen LogP contribution in [-0.4, -0.2) is 37.9 Å². The number of hydrogen-bond donors (Lipinski definition) is 0. The summed E-state index contributed by atoms with van der Waals surface area (Å²) in [5, 5.41) is 0.810. The highest BCUT2D eigenvalue weighted by molar-refractivity contribution is 7.18. The Balaban J connectivity index is 1.42. The van der Waals surface area contributed by atoms with E-state index in [0.717, 1.165) is 46.8 Å². The molecule has 0 spiro atoms. The van der Waals surface area contributed by atoms with Crippen molar-refractivity contribution in [3.05, 3.63) is 76.8 Å². The standard InChI is InChI=1S/C26H27N5OS/c1-4-15-31(6-3)17-19-7-9-20(10-8-19)18-32-26-28-14-11-22(30-26)21(5-2)25-29-23-16-27-13-12-24(23)33-25/h2,7-14,16,21H,4,6,15,17-18H2,1,3H3. The fourth-order valence-corrected chi connectivity index (χ4v) is 4.61. The van der Waals surface area contributed by atoms with Gasteiger partial charge >= 0.3 is 6.01 Å². The molecule has 4 aromatic rings. The molecule has 3 aromatic heterocycles. The third-order valence-electron chi connectivity index (χ3n) is 5.35. The predicted molar refractivity (Wildman–Crippen MR) is 132 cm³/mol. The van der Waals surface area contributed by atoms with Crippen LogP contribution in [0.25, 0.3) is 10.2 Å². The Morgan fingerprint density at radius 2 is 1.88 bits per heavy atom. The van der Waals surface area contributed by atoms with Crippen molar-refractivity contribution in [1.29, 1.82) is 0 Å². The quantitative estimate of drug-likeness (QED) is 0.310. The Morgan fingerprint density at radius 3 is 2.61 bits per heavy atom. The second-order valence-corrected chi connectivity index (χ2v) is 8.80. The number of fused-ring (bicyclic) bond motifs is 1. The van der Waals surface area contributed by atoms with Crippen LogP contribution in [0.3, 0.4) is 0 Å². The molecule has 0 fully saturated rings. The Bertz CT molecular complexity index is 1200. The molecule has 0 aliphatic carbocycles. The van der Waals surface area contributed by atoms with Crippen LogP contribution in [0.5, 0.6) is 6.01 Å². The number of nitrogens with zero attached hydrogens (tertiary/aromatic N) is 5. The van der Waals surface area contributed by atoms with E-state index in [0.29, 0.717) is 18.3 Å². The minimum atomic E-state index is -0.364. The number of ether oxygens (including phenoxy) is 1. The summed E-state index contributed by atoms with van der Waals surface area (Å²) in [6.45, 7) is 7.93. The summed E-state index contributed by atoms with van der Waals surface area (Å²) in [6, 6.07) is 12.6. The van der Waals surface area contributed by atoms with Gasteiger partial charge in [-0.3, -0.25) is 9.88 Å². The first-order valence-corrected chi connectivity index (χ1v) is 11.9. The highest BCUT2D eigenvalue weighted by atomic mass is 32.1.